The summed E-state index contributed by atoms with van der Waals surface area (Å²) in [7, 11) is 0. The van der Waals surface area contributed by atoms with Gasteiger partial charge in [0.1, 0.15) is 5.82 Å². The van der Waals surface area contributed by atoms with Gasteiger partial charge in [0.05, 0.1) is 5.69 Å². The van der Waals surface area contributed by atoms with E-state index in [0.717, 1.165) is 5.56 Å². The van der Waals surface area contributed by atoms with E-state index < -0.39 is 0 Å². The van der Waals surface area contributed by atoms with E-state index in [1.54, 1.807) is 12.1 Å². The molecule has 0 saturated carbocycles. The van der Waals surface area contributed by atoms with Gasteiger partial charge in [-0.2, -0.15) is 0 Å². The third-order valence-corrected chi connectivity index (χ3v) is 3.24. The molecule has 0 spiro atoms. The summed E-state index contributed by atoms with van der Waals surface area (Å²) in [5.74, 6) is -0.526. The summed E-state index contributed by atoms with van der Waals surface area (Å²) in [4.78, 5) is 11.1. The van der Waals surface area contributed by atoms with E-state index in [-0.39, 0.29) is 17.8 Å². The van der Waals surface area contributed by atoms with Crippen molar-refractivity contribution in [1.82, 2.24) is 0 Å². The Balaban J connectivity index is 2.17. The van der Waals surface area contributed by atoms with Gasteiger partial charge in [0.2, 0.25) is 5.91 Å². The van der Waals surface area contributed by atoms with Crippen LogP contribution in [0.5, 0.6) is 0 Å². The van der Waals surface area contributed by atoms with Gasteiger partial charge in [0.25, 0.3) is 0 Å². The fraction of sp³-hybridized carbons (Fsp3) is 0.235. The molecule has 0 radical (unpaired) electrons. The Morgan fingerprint density at radius 2 is 1.81 bits per heavy atom. The zero-order valence-corrected chi connectivity index (χ0v) is 12.4. The zero-order valence-electron chi connectivity index (χ0n) is 12.4. The molecule has 0 fully saturated rings. The molecule has 1 atom stereocenters. The highest BCUT2D eigenvalue weighted by molar-refractivity contribution is 5.89. The molecule has 2 N–H and O–H groups in total. The van der Waals surface area contributed by atoms with Gasteiger partial charge in [-0.15, -0.1) is 0 Å². The first-order valence-electron chi connectivity index (χ1n) is 6.86. The van der Waals surface area contributed by atoms with Crippen LogP contribution >= 0.6 is 0 Å². The first-order valence-corrected chi connectivity index (χ1v) is 6.86. The molecule has 2 aromatic rings. The lowest BCUT2D eigenvalue weighted by Gasteiger charge is -2.17. The van der Waals surface area contributed by atoms with Gasteiger partial charge in [-0.25, -0.2) is 4.39 Å². The van der Waals surface area contributed by atoms with E-state index in [0.29, 0.717) is 11.4 Å². The molecular weight excluding hydrogens is 267 g/mol. The molecule has 4 heteroatoms. The molecule has 110 valence electrons. The van der Waals surface area contributed by atoms with E-state index in [1.807, 2.05) is 38.1 Å². The molecule has 2 rings (SSSR count). The molecule has 0 bridgehead atoms. The fourth-order valence-corrected chi connectivity index (χ4v) is 2.09. The van der Waals surface area contributed by atoms with E-state index >= 15 is 0 Å². The largest absolute Gasteiger partial charge is 0.376 e. The Hall–Kier alpha value is -2.36. The minimum absolute atomic E-state index is 0.0346. The molecule has 1 unspecified atom stereocenters. The first-order chi connectivity index (χ1) is 9.95. The second-order valence-electron chi connectivity index (χ2n) is 5.15. The van der Waals surface area contributed by atoms with Crippen molar-refractivity contribution in [2.45, 2.75) is 26.8 Å². The van der Waals surface area contributed by atoms with Crippen LogP contribution in [0.2, 0.25) is 0 Å². The summed E-state index contributed by atoms with van der Waals surface area (Å²) in [5, 5.41) is 5.78. The Bertz CT molecular complexity index is 638. The predicted octanol–water partition coefficient (Wildman–Crippen LogP) is 4.27. The Morgan fingerprint density at radius 3 is 2.43 bits per heavy atom. The summed E-state index contributed by atoms with van der Waals surface area (Å²) in [6.07, 6.45) is 0. The lowest BCUT2D eigenvalue weighted by Crippen LogP contribution is -2.10. The second-order valence-corrected chi connectivity index (χ2v) is 5.15. The highest BCUT2D eigenvalue weighted by atomic mass is 19.1. The second kappa shape index (κ2) is 6.39. The summed E-state index contributed by atoms with van der Waals surface area (Å²) in [6.45, 7) is 5.42. The lowest BCUT2D eigenvalue weighted by molar-refractivity contribution is -0.114. The Morgan fingerprint density at radius 1 is 1.14 bits per heavy atom. The van der Waals surface area contributed by atoms with Crippen LogP contribution in [0.25, 0.3) is 0 Å². The van der Waals surface area contributed by atoms with Gasteiger partial charge in [-0.3, -0.25) is 4.79 Å². The van der Waals surface area contributed by atoms with Gasteiger partial charge in [0.15, 0.2) is 0 Å². The number of carbonyl (C=O) groups excluding carboxylic acids is 1. The van der Waals surface area contributed by atoms with E-state index in [1.165, 1.54) is 18.6 Å². The number of anilines is 2. The number of amides is 1. The van der Waals surface area contributed by atoms with Crippen molar-refractivity contribution in [2.24, 2.45) is 0 Å². The van der Waals surface area contributed by atoms with E-state index in [9.17, 15) is 9.18 Å². The van der Waals surface area contributed by atoms with Crippen LogP contribution in [0, 0.1) is 12.7 Å². The van der Waals surface area contributed by atoms with Gasteiger partial charge < -0.3 is 10.6 Å². The molecule has 0 aliphatic rings. The Labute approximate surface area is 124 Å². The maximum atomic E-state index is 13.9. The molecule has 1 amide bonds. The Kier molecular flexibility index (Phi) is 4.58. The maximum Gasteiger partial charge on any atom is 0.221 e. The quantitative estimate of drug-likeness (QED) is 0.881. The SMILES string of the molecule is CC(=O)Nc1ccc(F)c(NC(C)c2ccc(C)cc2)c1. The number of hydrogen-bond donors (Lipinski definition) is 2. The molecule has 0 aliphatic heterocycles. The van der Waals surface area contributed by atoms with Crippen LogP contribution in [-0.2, 0) is 4.79 Å². The number of halogens is 1. The van der Waals surface area contributed by atoms with E-state index in [4.69, 9.17) is 0 Å². The van der Waals surface area contributed by atoms with Gasteiger partial charge in [-0.05, 0) is 37.6 Å². The monoisotopic (exact) mass is 286 g/mol. The highest BCUT2D eigenvalue weighted by Gasteiger charge is 2.09. The van der Waals surface area contributed by atoms with Gasteiger partial charge in [0, 0.05) is 18.7 Å². The smallest absolute Gasteiger partial charge is 0.221 e. The summed E-state index contributed by atoms with van der Waals surface area (Å²) in [6, 6.07) is 12.5. The van der Waals surface area contributed by atoms with Crippen LogP contribution in [-0.4, -0.2) is 5.91 Å². The minimum atomic E-state index is -0.344. The van der Waals surface area contributed by atoms with Crippen LogP contribution in [0.1, 0.15) is 31.0 Å². The summed E-state index contributed by atoms with van der Waals surface area (Å²) in [5.41, 5.74) is 3.20. The number of nitrogens with one attached hydrogen (secondary N) is 2. The molecule has 21 heavy (non-hydrogen) atoms. The molecule has 2 aromatic carbocycles. The molecule has 0 aromatic heterocycles. The highest BCUT2D eigenvalue weighted by Crippen LogP contribution is 2.25. The average molecular weight is 286 g/mol. The summed E-state index contributed by atoms with van der Waals surface area (Å²) >= 11 is 0. The number of aryl methyl sites for hydroxylation is 1. The van der Waals surface area contributed by atoms with Crippen molar-refractivity contribution < 1.29 is 9.18 Å². The van der Waals surface area contributed by atoms with Crippen molar-refractivity contribution in [2.75, 3.05) is 10.6 Å². The van der Waals surface area contributed by atoms with Crippen molar-refractivity contribution in [3.05, 3.63) is 59.4 Å². The average Bonchev–Trinajstić information content (AvgIpc) is 2.42. The molecule has 0 aliphatic carbocycles. The third-order valence-electron chi connectivity index (χ3n) is 3.24. The summed E-state index contributed by atoms with van der Waals surface area (Å²) < 4.78 is 13.9. The molecular formula is C17H19FN2O. The van der Waals surface area contributed by atoms with Crippen molar-refractivity contribution in [1.29, 1.82) is 0 Å². The number of rotatable bonds is 4. The molecule has 0 heterocycles. The number of benzene rings is 2. The van der Waals surface area contributed by atoms with Crippen LogP contribution in [0.4, 0.5) is 15.8 Å². The molecule has 0 saturated heterocycles. The number of hydrogen-bond acceptors (Lipinski definition) is 2. The van der Waals surface area contributed by atoms with Crippen LogP contribution in [0.15, 0.2) is 42.5 Å². The van der Waals surface area contributed by atoms with Crippen molar-refractivity contribution >= 4 is 17.3 Å². The normalized spacial score (nSPS) is 11.8. The number of carbonyl (C=O) groups is 1. The lowest BCUT2D eigenvalue weighted by atomic mass is 10.1. The zero-order chi connectivity index (χ0) is 15.4. The van der Waals surface area contributed by atoms with Crippen LogP contribution in [0.3, 0.4) is 0 Å². The van der Waals surface area contributed by atoms with Crippen molar-refractivity contribution in [3.63, 3.8) is 0 Å². The van der Waals surface area contributed by atoms with Gasteiger partial charge in [-0.1, -0.05) is 29.8 Å². The maximum absolute atomic E-state index is 13.9. The third kappa shape index (κ3) is 4.05. The fourth-order valence-electron chi connectivity index (χ4n) is 2.09. The topological polar surface area (TPSA) is 41.1 Å². The molecule has 3 nitrogen and oxygen atoms in total. The van der Waals surface area contributed by atoms with Gasteiger partial charge >= 0.3 is 0 Å². The minimum Gasteiger partial charge on any atom is -0.376 e. The predicted molar refractivity (Wildman–Crippen MR) is 83.9 cm³/mol. The van der Waals surface area contributed by atoms with E-state index in [2.05, 4.69) is 10.6 Å². The first kappa shape index (κ1) is 15.0. The standard InChI is InChI=1S/C17H19FN2O/c1-11-4-6-14(7-5-11)12(2)19-17-10-15(20-13(3)21)8-9-16(17)18/h4-10,12,19H,1-3H3,(H,20,21). The van der Waals surface area contributed by atoms with Crippen LogP contribution < -0.4 is 10.6 Å². The van der Waals surface area contributed by atoms with Crippen molar-refractivity contribution in [3.8, 4) is 0 Å².